The Bertz CT molecular complexity index is 821. The fourth-order valence-corrected chi connectivity index (χ4v) is 4.05. The Morgan fingerprint density at radius 3 is 2.91 bits per heavy atom. The second-order valence-corrected chi connectivity index (χ2v) is 7.75. The maximum absolute atomic E-state index is 11.0. The van der Waals surface area contributed by atoms with E-state index in [1.807, 2.05) is 0 Å². The molecule has 5 N–H and O–H groups in total. The number of anilines is 1. The lowest BCUT2D eigenvalue weighted by Crippen LogP contribution is -2.22. The lowest BCUT2D eigenvalue weighted by atomic mass is 10.1. The number of nitrogens with two attached hydrogens (primary N) is 1. The molecule has 10 nitrogen and oxygen atoms in total. The molecule has 23 heavy (non-hydrogen) atoms. The summed E-state index contributed by atoms with van der Waals surface area (Å²) in [6, 6.07) is -0.314. The van der Waals surface area contributed by atoms with Crippen molar-refractivity contribution in [1.82, 2.24) is 19.5 Å². The molecule has 0 bridgehead atoms. The van der Waals surface area contributed by atoms with Crippen molar-refractivity contribution in [1.29, 1.82) is 0 Å². The number of rotatable bonds is 4. The minimum atomic E-state index is -4.24. The Balaban J connectivity index is 1.63. The minimum Gasteiger partial charge on any atom is -0.391 e. The third kappa shape index (κ3) is 2.34. The summed E-state index contributed by atoms with van der Waals surface area (Å²) in [5.41, 5.74) is 6.08. The molecule has 4 atom stereocenters. The molecule has 2 aromatic heterocycles. The van der Waals surface area contributed by atoms with Crippen LogP contribution in [0, 0.1) is 5.92 Å². The first-order chi connectivity index (χ1) is 10.8. The average Bonchev–Trinajstić information content (AvgIpc) is 2.85. The third-order valence-corrected chi connectivity index (χ3v) is 5.14. The van der Waals surface area contributed by atoms with Gasteiger partial charge in [-0.25, -0.2) is 15.0 Å². The zero-order valence-corrected chi connectivity index (χ0v) is 12.9. The average molecular weight is 341 g/mol. The molecule has 2 fully saturated rings. The largest absolute Gasteiger partial charge is 0.391 e. The van der Waals surface area contributed by atoms with Gasteiger partial charge in [0.2, 0.25) is 0 Å². The number of aliphatic hydroxyl groups excluding tert-OH is 1. The lowest BCUT2D eigenvalue weighted by Gasteiger charge is -2.19. The van der Waals surface area contributed by atoms with E-state index in [1.54, 1.807) is 10.9 Å². The van der Waals surface area contributed by atoms with Gasteiger partial charge in [0.1, 0.15) is 18.2 Å². The molecule has 2 aliphatic rings. The van der Waals surface area contributed by atoms with E-state index in [0.29, 0.717) is 24.0 Å². The summed E-state index contributed by atoms with van der Waals surface area (Å²) in [6.07, 6.45) is 2.50. The molecule has 2 saturated carbocycles. The molecule has 124 valence electrons. The molecule has 0 aliphatic heterocycles. The van der Waals surface area contributed by atoms with E-state index in [4.69, 9.17) is 20.3 Å². The molecule has 0 aromatic carbocycles. The predicted octanol–water partition coefficient (Wildman–Crippen LogP) is -0.375. The van der Waals surface area contributed by atoms with E-state index in [1.165, 1.54) is 6.33 Å². The van der Waals surface area contributed by atoms with Crippen LogP contribution < -0.4 is 5.73 Å². The van der Waals surface area contributed by atoms with Crippen molar-refractivity contribution in [3.8, 4) is 0 Å². The number of imidazole rings is 1. The minimum absolute atomic E-state index is 0.0439. The number of aliphatic hydroxyl groups is 1. The van der Waals surface area contributed by atoms with Gasteiger partial charge < -0.3 is 29.9 Å². The second-order valence-electron chi connectivity index (χ2n) is 6.16. The highest BCUT2D eigenvalue weighted by atomic mass is 31.2. The van der Waals surface area contributed by atoms with Gasteiger partial charge in [0.05, 0.1) is 24.1 Å². The van der Waals surface area contributed by atoms with E-state index in [-0.39, 0.29) is 17.8 Å². The van der Waals surface area contributed by atoms with Crippen LogP contribution in [0.3, 0.4) is 0 Å². The van der Waals surface area contributed by atoms with Crippen LogP contribution in [0.25, 0.3) is 11.2 Å². The van der Waals surface area contributed by atoms with Gasteiger partial charge in [-0.1, -0.05) is 0 Å². The first-order valence-corrected chi connectivity index (χ1v) is 8.90. The first kappa shape index (κ1) is 15.0. The van der Waals surface area contributed by atoms with Crippen LogP contribution in [0.5, 0.6) is 0 Å². The molecular formula is C12H16N5O5P. The molecule has 11 heteroatoms. The van der Waals surface area contributed by atoms with Crippen LogP contribution in [0.2, 0.25) is 0 Å². The smallest absolute Gasteiger partial charge is 0.351 e. The number of fused-ring (bicyclic) bond motifs is 2. The zero-order chi connectivity index (χ0) is 16.4. The van der Waals surface area contributed by atoms with Crippen molar-refractivity contribution in [3.63, 3.8) is 0 Å². The van der Waals surface area contributed by atoms with Gasteiger partial charge in [0.25, 0.3) is 0 Å². The Labute approximate surface area is 130 Å². The van der Waals surface area contributed by atoms with Crippen molar-refractivity contribution in [2.45, 2.75) is 30.6 Å². The fourth-order valence-electron chi connectivity index (χ4n) is 3.63. The van der Waals surface area contributed by atoms with Crippen LogP contribution in [0.1, 0.15) is 18.9 Å². The van der Waals surface area contributed by atoms with Gasteiger partial charge in [-0.05, 0) is 6.42 Å². The van der Waals surface area contributed by atoms with Crippen LogP contribution in [-0.2, 0) is 9.30 Å². The van der Waals surface area contributed by atoms with Crippen LogP contribution in [-0.4, -0.2) is 52.5 Å². The summed E-state index contributed by atoms with van der Waals surface area (Å²) < 4.78 is 18.2. The lowest BCUT2D eigenvalue weighted by molar-refractivity contribution is 0.0296. The number of hydrogen-bond acceptors (Lipinski definition) is 7. The molecule has 0 saturated heterocycles. The van der Waals surface area contributed by atoms with Crippen molar-refractivity contribution >= 4 is 24.6 Å². The van der Waals surface area contributed by atoms with Gasteiger partial charge in [-0.3, -0.25) is 4.57 Å². The van der Waals surface area contributed by atoms with Crippen molar-refractivity contribution in [3.05, 3.63) is 12.7 Å². The monoisotopic (exact) mass is 341 g/mol. The van der Waals surface area contributed by atoms with Gasteiger partial charge in [0.15, 0.2) is 11.5 Å². The molecule has 1 unspecified atom stereocenters. The van der Waals surface area contributed by atoms with Crippen LogP contribution >= 0.6 is 7.60 Å². The van der Waals surface area contributed by atoms with E-state index < -0.39 is 25.6 Å². The summed E-state index contributed by atoms with van der Waals surface area (Å²) in [5, 5.41) is 10.4. The summed E-state index contributed by atoms with van der Waals surface area (Å²) in [4.78, 5) is 30.2. The second kappa shape index (κ2) is 4.71. The maximum Gasteiger partial charge on any atom is 0.351 e. The standard InChI is InChI=1S/C12H16N5O5P/c13-10-8-11(15-3-14-10)17(4-16-8)9-6-1-12(6,2-7(9)18)22-5-23(19,20)21/h3-4,6-7,9,18H,1-2,5H2,(H2,13,14,15)(H2,19,20,21)/t6-,7?,9-,12-/m1/s1. The summed E-state index contributed by atoms with van der Waals surface area (Å²) in [6.45, 7) is 0. The highest BCUT2D eigenvalue weighted by Crippen LogP contribution is 2.64. The van der Waals surface area contributed by atoms with Crippen LogP contribution in [0.15, 0.2) is 12.7 Å². The molecule has 4 rings (SSSR count). The number of nitrogens with zero attached hydrogens (tertiary/aromatic N) is 4. The molecular weight excluding hydrogens is 325 g/mol. The number of ether oxygens (including phenoxy) is 1. The van der Waals surface area contributed by atoms with Gasteiger partial charge in [0, 0.05) is 12.3 Å². The topological polar surface area (TPSA) is 157 Å². The van der Waals surface area contributed by atoms with Gasteiger partial charge >= 0.3 is 7.60 Å². The molecule has 2 heterocycles. The molecule has 0 spiro atoms. The Kier molecular flexibility index (Phi) is 3.07. The Morgan fingerprint density at radius 1 is 1.39 bits per heavy atom. The SMILES string of the molecule is Nc1ncnc2c1ncn2[C@H]1C(O)C[C@]2(OCP(=O)(O)O)C[C@H]12. The van der Waals surface area contributed by atoms with Gasteiger partial charge in [-0.15, -0.1) is 0 Å². The predicted molar refractivity (Wildman–Crippen MR) is 78.2 cm³/mol. The number of hydrogen-bond donors (Lipinski definition) is 4. The molecule has 2 aromatic rings. The van der Waals surface area contributed by atoms with Crippen molar-refractivity contribution in [2.24, 2.45) is 5.92 Å². The van der Waals surface area contributed by atoms with E-state index in [9.17, 15) is 9.67 Å². The van der Waals surface area contributed by atoms with E-state index in [2.05, 4.69) is 15.0 Å². The fraction of sp³-hybridized carbons (Fsp3) is 0.583. The van der Waals surface area contributed by atoms with Crippen molar-refractivity contribution in [2.75, 3.05) is 12.1 Å². The first-order valence-electron chi connectivity index (χ1n) is 7.10. The zero-order valence-electron chi connectivity index (χ0n) is 12.0. The summed E-state index contributed by atoms with van der Waals surface area (Å²) in [5.74, 6) is 0.221. The quantitative estimate of drug-likeness (QED) is 0.544. The molecule has 2 aliphatic carbocycles. The van der Waals surface area contributed by atoms with Crippen molar-refractivity contribution < 1.29 is 24.2 Å². The number of nitrogen functional groups attached to an aromatic ring is 1. The summed E-state index contributed by atoms with van der Waals surface area (Å²) in [7, 11) is -4.24. The Hall–Kier alpha value is -1.58. The maximum atomic E-state index is 11.0. The molecule has 0 amide bonds. The normalized spacial score (nSPS) is 33.1. The van der Waals surface area contributed by atoms with Gasteiger partial charge in [-0.2, -0.15) is 0 Å². The third-order valence-electron chi connectivity index (χ3n) is 4.67. The number of aromatic nitrogens is 4. The molecule has 0 radical (unpaired) electrons. The summed E-state index contributed by atoms with van der Waals surface area (Å²) >= 11 is 0. The van der Waals surface area contributed by atoms with E-state index in [0.717, 1.165) is 0 Å². The van der Waals surface area contributed by atoms with Crippen LogP contribution in [0.4, 0.5) is 5.82 Å². The highest BCUT2D eigenvalue weighted by Gasteiger charge is 2.67. The highest BCUT2D eigenvalue weighted by molar-refractivity contribution is 7.51. The Morgan fingerprint density at radius 2 is 2.17 bits per heavy atom. The van der Waals surface area contributed by atoms with E-state index >= 15 is 0 Å².